The van der Waals surface area contributed by atoms with Crippen molar-refractivity contribution in [1.82, 2.24) is 9.36 Å². The number of hydrogen-bond donors (Lipinski definition) is 0. The monoisotopic (exact) mass is 440 g/mol. The lowest BCUT2D eigenvalue weighted by molar-refractivity contribution is -0.158. The molecule has 0 spiro atoms. The van der Waals surface area contributed by atoms with Crippen molar-refractivity contribution < 1.29 is 19.0 Å². The SMILES string of the molecule is CCOC(=O)C(C)(C)Oc1ccc(OCc2nc(-c3ccc(C)c(C)c3)ns2)cc1C. The molecule has 1 aromatic heterocycles. The summed E-state index contributed by atoms with van der Waals surface area (Å²) in [6, 6.07) is 11.7. The highest BCUT2D eigenvalue weighted by Gasteiger charge is 2.32. The number of benzene rings is 2. The lowest BCUT2D eigenvalue weighted by atomic mass is 10.1. The fraction of sp³-hybridized carbons (Fsp3) is 0.375. The number of aromatic nitrogens is 2. The van der Waals surface area contributed by atoms with Crippen molar-refractivity contribution in [1.29, 1.82) is 0 Å². The fourth-order valence-corrected chi connectivity index (χ4v) is 3.48. The van der Waals surface area contributed by atoms with Crippen LogP contribution in [0.4, 0.5) is 0 Å². The first-order valence-corrected chi connectivity index (χ1v) is 11.0. The van der Waals surface area contributed by atoms with Gasteiger partial charge in [0, 0.05) is 5.56 Å². The Balaban J connectivity index is 1.64. The highest BCUT2D eigenvalue weighted by Crippen LogP contribution is 2.28. The second-order valence-electron chi connectivity index (χ2n) is 7.86. The molecule has 1 heterocycles. The molecule has 7 heteroatoms. The van der Waals surface area contributed by atoms with Crippen LogP contribution in [-0.2, 0) is 16.1 Å². The van der Waals surface area contributed by atoms with Crippen LogP contribution in [0, 0.1) is 20.8 Å². The smallest absolute Gasteiger partial charge is 0.349 e. The molecule has 31 heavy (non-hydrogen) atoms. The van der Waals surface area contributed by atoms with Crippen LogP contribution in [0.1, 0.15) is 42.5 Å². The fourth-order valence-electron chi connectivity index (χ4n) is 2.90. The molecule has 0 atom stereocenters. The zero-order valence-electron chi connectivity index (χ0n) is 18.8. The van der Waals surface area contributed by atoms with Crippen LogP contribution in [0.25, 0.3) is 11.4 Å². The molecule has 6 nitrogen and oxygen atoms in total. The van der Waals surface area contributed by atoms with Gasteiger partial charge in [0.2, 0.25) is 0 Å². The molecule has 0 amide bonds. The predicted octanol–water partition coefficient (Wildman–Crippen LogP) is 5.43. The van der Waals surface area contributed by atoms with E-state index in [0.29, 0.717) is 30.5 Å². The van der Waals surface area contributed by atoms with Crippen LogP contribution in [0.2, 0.25) is 0 Å². The predicted molar refractivity (Wildman–Crippen MR) is 122 cm³/mol. The third-order valence-electron chi connectivity index (χ3n) is 4.87. The van der Waals surface area contributed by atoms with E-state index < -0.39 is 11.6 Å². The minimum atomic E-state index is -1.07. The largest absolute Gasteiger partial charge is 0.486 e. The first kappa shape index (κ1) is 22.7. The van der Waals surface area contributed by atoms with Gasteiger partial charge in [0.05, 0.1) is 6.61 Å². The van der Waals surface area contributed by atoms with Gasteiger partial charge in [-0.1, -0.05) is 12.1 Å². The van der Waals surface area contributed by atoms with E-state index in [0.717, 1.165) is 16.1 Å². The van der Waals surface area contributed by atoms with Crippen LogP contribution in [0.5, 0.6) is 11.5 Å². The van der Waals surface area contributed by atoms with Gasteiger partial charge < -0.3 is 14.2 Å². The lowest BCUT2D eigenvalue weighted by Crippen LogP contribution is -2.39. The number of esters is 1. The van der Waals surface area contributed by atoms with Gasteiger partial charge in [0.1, 0.15) is 18.1 Å². The Morgan fingerprint density at radius 3 is 2.48 bits per heavy atom. The molecule has 0 bridgehead atoms. The molecule has 0 fully saturated rings. The summed E-state index contributed by atoms with van der Waals surface area (Å²) in [5.41, 5.74) is 3.26. The summed E-state index contributed by atoms with van der Waals surface area (Å²) in [4.78, 5) is 16.7. The third kappa shape index (κ3) is 5.61. The van der Waals surface area contributed by atoms with E-state index in [1.54, 1.807) is 26.8 Å². The quantitative estimate of drug-likeness (QED) is 0.435. The van der Waals surface area contributed by atoms with E-state index in [1.807, 2.05) is 25.1 Å². The van der Waals surface area contributed by atoms with Crippen molar-refractivity contribution in [3.05, 3.63) is 58.1 Å². The summed E-state index contributed by atoms with van der Waals surface area (Å²) in [6.07, 6.45) is 0. The zero-order chi connectivity index (χ0) is 22.6. The number of ether oxygens (including phenoxy) is 3. The molecule has 0 saturated heterocycles. The van der Waals surface area contributed by atoms with Gasteiger partial charge in [-0.05, 0) is 94.0 Å². The Labute approximate surface area is 187 Å². The molecular weight excluding hydrogens is 412 g/mol. The van der Waals surface area contributed by atoms with Crippen molar-refractivity contribution in [2.45, 2.75) is 53.8 Å². The van der Waals surface area contributed by atoms with E-state index >= 15 is 0 Å². The summed E-state index contributed by atoms with van der Waals surface area (Å²) in [5, 5.41) is 0.801. The second kappa shape index (κ2) is 9.47. The normalized spacial score (nSPS) is 11.3. The molecule has 0 N–H and O–H groups in total. The molecule has 2 aromatic carbocycles. The average Bonchev–Trinajstić information content (AvgIpc) is 3.19. The Bertz CT molecular complexity index is 1080. The van der Waals surface area contributed by atoms with Gasteiger partial charge in [-0.2, -0.15) is 4.37 Å². The highest BCUT2D eigenvalue weighted by molar-refractivity contribution is 7.05. The Hall–Kier alpha value is -2.93. The molecule has 3 aromatic rings. The molecular formula is C24H28N2O4S. The van der Waals surface area contributed by atoms with Crippen LogP contribution < -0.4 is 9.47 Å². The number of nitrogens with zero attached hydrogens (tertiary/aromatic N) is 2. The Morgan fingerprint density at radius 2 is 1.81 bits per heavy atom. The first-order valence-electron chi connectivity index (χ1n) is 10.2. The first-order chi connectivity index (χ1) is 14.7. The van der Waals surface area contributed by atoms with Gasteiger partial charge in [0.15, 0.2) is 16.4 Å². The molecule has 3 rings (SSSR count). The van der Waals surface area contributed by atoms with Crippen LogP contribution in [0.15, 0.2) is 36.4 Å². The summed E-state index contributed by atoms with van der Waals surface area (Å²) in [5.74, 6) is 1.62. The van der Waals surface area contributed by atoms with Gasteiger partial charge in [-0.25, -0.2) is 9.78 Å². The van der Waals surface area contributed by atoms with Crippen LogP contribution in [0.3, 0.4) is 0 Å². The lowest BCUT2D eigenvalue weighted by Gasteiger charge is -2.25. The van der Waals surface area contributed by atoms with E-state index in [2.05, 4.69) is 35.3 Å². The van der Waals surface area contributed by atoms with E-state index in [1.165, 1.54) is 22.7 Å². The Kier molecular flexibility index (Phi) is 6.95. The number of carbonyl (C=O) groups is 1. The number of rotatable bonds is 8. The van der Waals surface area contributed by atoms with Crippen molar-refractivity contribution in [3.63, 3.8) is 0 Å². The molecule has 0 aliphatic rings. The average molecular weight is 441 g/mol. The molecule has 0 aliphatic heterocycles. The molecule has 0 radical (unpaired) electrons. The highest BCUT2D eigenvalue weighted by atomic mass is 32.1. The number of hydrogen-bond acceptors (Lipinski definition) is 7. The van der Waals surface area contributed by atoms with Crippen molar-refractivity contribution in [2.24, 2.45) is 0 Å². The maximum Gasteiger partial charge on any atom is 0.349 e. The molecule has 164 valence electrons. The molecule has 0 aliphatic carbocycles. The van der Waals surface area contributed by atoms with Crippen LogP contribution in [-0.4, -0.2) is 27.5 Å². The standard InChI is InChI=1S/C24H28N2O4S/c1-7-28-23(27)24(5,6)30-20-11-10-19(13-17(20)4)29-14-21-25-22(26-31-21)18-9-8-15(2)16(3)12-18/h8-13H,7,14H2,1-6H3. The topological polar surface area (TPSA) is 70.5 Å². The third-order valence-corrected chi connectivity index (χ3v) is 5.56. The van der Waals surface area contributed by atoms with E-state index in [-0.39, 0.29) is 0 Å². The maximum atomic E-state index is 12.1. The number of carbonyl (C=O) groups excluding carboxylic acids is 1. The zero-order valence-corrected chi connectivity index (χ0v) is 19.6. The van der Waals surface area contributed by atoms with Gasteiger partial charge >= 0.3 is 5.97 Å². The number of aryl methyl sites for hydroxylation is 3. The van der Waals surface area contributed by atoms with Crippen molar-refractivity contribution in [2.75, 3.05) is 6.61 Å². The maximum absolute atomic E-state index is 12.1. The van der Waals surface area contributed by atoms with Gasteiger partial charge in [-0.15, -0.1) is 0 Å². The van der Waals surface area contributed by atoms with Crippen LogP contribution >= 0.6 is 11.5 Å². The molecule has 0 unspecified atom stereocenters. The Morgan fingerprint density at radius 1 is 1.03 bits per heavy atom. The minimum Gasteiger partial charge on any atom is -0.486 e. The van der Waals surface area contributed by atoms with Gasteiger partial charge in [-0.3, -0.25) is 0 Å². The summed E-state index contributed by atoms with van der Waals surface area (Å²) in [6.45, 7) is 11.9. The summed E-state index contributed by atoms with van der Waals surface area (Å²) >= 11 is 1.33. The second-order valence-corrected chi connectivity index (χ2v) is 8.70. The van der Waals surface area contributed by atoms with Crippen molar-refractivity contribution in [3.8, 4) is 22.9 Å². The van der Waals surface area contributed by atoms with E-state index in [4.69, 9.17) is 14.2 Å². The summed E-state index contributed by atoms with van der Waals surface area (Å²) in [7, 11) is 0. The summed E-state index contributed by atoms with van der Waals surface area (Å²) < 4.78 is 21.3. The van der Waals surface area contributed by atoms with Crippen molar-refractivity contribution >= 4 is 17.5 Å². The molecule has 0 saturated carbocycles. The van der Waals surface area contributed by atoms with Gasteiger partial charge in [0.25, 0.3) is 0 Å². The minimum absolute atomic E-state index is 0.314. The van der Waals surface area contributed by atoms with E-state index in [9.17, 15) is 4.79 Å².